The number of aromatic nitrogens is 3. The monoisotopic (exact) mass is 265 g/mol. The maximum atomic E-state index is 11.9. The Morgan fingerprint density at radius 2 is 2.00 bits per heavy atom. The van der Waals surface area contributed by atoms with Crippen molar-refractivity contribution in [2.24, 2.45) is 0 Å². The molecule has 0 radical (unpaired) electrons. The van der Waals surface area contributed by atoms with E-state index in [1.807, 2.05) is 12.1 Å². The maximum Gasteiger partial charge on any atom is 0.329 e. The van der Waals surface area contributed by atoms with E-state index in [9.17, 15) is 9.59 Å². The van der Waals surface area contributed by atoms with Crippen molar-refractivity contribution in [2.45, 2.75) is 19.9 Å². The summed E-state index contributed by atoms with van der Waals surface area (Å²) in [5.41, 5.74) is 0.539. The fourth-order valence-electron chi connectivity index (χ4n) is 1.64. The number of hydrogen-bond acceptors (Lipinski definition) is 3. The molecule has 0 aliphatic carbocycles. The first-order chi connectivity index (χ1) is 8.59. The molecule has 0 aliphatic rings. The van der Waals surface area contributed by atoms with Crippen LogP contribution in [0.4, 0.5) is 0 Å². The molecule has 0 bridgehead atoms. The van der Waals surface area contributed by atoms with Crippen molar-refractivity contribution in [3.63, 3.8) is 0 Å². The van der Waals surface area contributed by atoms with E-state index in [1.54, 1.807) is 19.3 Å². The number of nitrogens with one attached hydrogen (secondary N) is 1. The molecule has 0 unspecified atom stereocenters. The molecule has 2 aromatic rings. The average Bonchev–Trinajstić information content (AvgIpc) is 2.37. The molecule has 18 heavy (non-hydrogen) atoms. The highest BCUT2D eigenvalue weighted by atomic mass is 35.5. The lowest BCUT2D eigenvalue weighted by Gasteiger charge is -2.06. The van der Waals surface area contributed by atoms with Crippen LogP contribution in [-0.4, -0.2) is 14.5 Å². The smallest absolute Gasteiger partial charge is 0.297 e. The highest BCUT2D eigenvalue weighted by molar-refractivity contribution is 6.30. The minimum absolute atomic E-state index is 0.102. The van der Waals surface area contributed by atoms with Gasteiger partial charge in [0, 0.05) is 24.5 Å². The van der Waals surface area contributed by atoms with Gasteiger partial charge in [0.05, 0.1) is 0 Å². The largest absolute Gasteiger partial charge is 0.329 e. The molecule has 0 atom stereocenters. The van der Waals surface area contributed by atoms with E-state index in [1.165, 1.54) is 0 Å². The molecule has 2 aromatic heterocycles. The Kier molecular flexibility index (Phi) is 3.62. The van der Waals surface area contributed by atoms with Crippen LogP contribution in [0, 0.1) is 6.92 Å². The van der Waals surface area contributed by atoms with Crippen LogP contribution < -0.4 is 11.2 Å². The second-order valence-corrected chi connectivity index (χ2v) is 4.31. The Hall–Kier alpha value is -1.88. The van der Waals surface area contributed by atoms with Crippen LogP contribution in [0.15, 0.2) is 34.1 Å². The van der Waals surface area contributed by atoms with E-state index in [2.05, 4.69) is 9.97 Å². The van der Waals surface area contributed by atoms with Crippen molar-refractivity contribution in [1.82, 2.24) is 14.5 Å². The topological polar surface area (TPSA) is 67.8 Å². The summed E-state index contributed by atoms with van der Waals surface area (Å²) in [6.45, 7) is 1.90. The van der Waals surface area contributed by atoms with Crippen molar-refractivity contribution >= 4 is 11.6 Å². The molecule has 6 heteroatoms. The fourth-order valence-corrected chi connectivity index (χ4v) is 1.80. The summed E-state index contributed by atoms with van der Waals surface area (Å²) in [5, 5.41) is 0.102. The number of H-pyrrole nitrogens is 1. The van der Waals surface area contributed by atoms with Gasteiger partial charge in [0.25, 0.3) is 5.56 Å². The molecule has 1 N–H and O–H groups in total. The first kappa shape index (κ1) is 12.6. The number of halogens is 1. The van der Waals surface area contributed by atoms with Crippen LogP contribution >= 0.6 is 11.6 Å². The van der Waals surface area contributed by atoms with Gasteiger partial charge in [-0.1, -0.05) is 11.6 Å². The van der Waals surface area contributed by atoms with Gasteiger partial charge >= 0.3 is 5.69 Å². The Balaban J connectivity index is 2.28. The van der Waals surface area contributed by atoms with E-state index in [0.717, 1.165) is 10.1 Å². The molecule has 0 spiro atoms. The summed E-state index contributed by atoms with van der Waals surface area (Å²) in [6.07, 6.45) is 3.94. The quantitative estimate of drug-likeness (QED) is 0.846. The third-order valence-corrected chi connectivity index (χ3v) is 3.11. The molecule has 0 fully saturated rings. The average molecular weight is 266 g/mol. The standard InChI is InChI=1S/C12H12ClN3O2/c1-8-10(13)15-12(18)16(11(8)17)7-4-9-2-5-14-6-3-9/h2-3,5-6H,4,7H2,1H3,(H,15,18). The number of nitrogens with zero attached hydrogens (tertiary/aromatic N) is 2. The van der Waals surface area contributed by atoms with Crippen LogP contribution in [0.5, 0.6) is 0 Å². The minimum atomic E-state index is -0.482. The van der Waals surface area contributed by atoms with Gasteiger partial charge < -0.3 is 0 Å². The molecule has 2 heterocycles. The fraction of sp³-hybridized carbons (Fsp3) is 0.250. The van der Waals surface area contributed by atoms with E-state index in [0.29, 0.717) is 18.5 Å². The van der Waals surface area contributed by atoms with Gasteiger partial charge in [-0.15, -0.1) is 0 Å². The first-order valence-corrected chi connectivity index (χ1v) is 5.85. The second-order valence-electron chi connectivity index (χ2n) is 3.93. The zero-order valence-corrected chi connectivity index (χ0v) is 10.6. The van der Waals surface area contributed by atoms with Crippen LogP contribution in [0.3, 0.4) is 0 Å². The van der Waals surface area contributed by atoms with Gasteiger partial charge in [0.2, 0.25) is 0 Å². The summed E-state index contributed by atoms with van der Waals surface area (Å²) in [7, 11) is 0. The van der Waals surface area contributed by atoms with E-state index in [-0.39, 0.29) is 10.7 Å². The van der Waals surface area contributed by atoms with Gasteiger partial charge in [0.15, 0.2) is 0 Å². The lowest BCUT2D eigenvalue weighted by atomic mass is 10.2. The number of aryl methyl sites for hydroxylation is 1. The molecule has 0 saturated heterocycles. The highest BCUT2D eigenvalue weighted by Crippen LogP contribution is 2.03. The molecule has 2 rings (SSSR count). The van der Waals surface area contributed by atoms with Crippen molar-refractivity contribution in [1.29, 1.82) is 0 Å². The minimum Gasteiger partial charge on any atom is -0.297 e. The second kappa shape index (κ2) is 5.18. The Morgan fingerprint density at radius 3 is 2.67 bits per heavy atom. The summed E-state index contributed by atoms with van der Waals surface area (Å²) in [4.78, 5) is 29.9. The van der Waals surface area contributed by atoms with E-state index < -0.39 is 5.69 Å². The van der Waals surface area contributed by atoms with Gasteiger partial charge in [-0.2, -0.15) is 0 Å². The summed E-state index contributed by atoms with van der Waals surface area (Å²) >= 11 is 5.73. The van der Waals surface area contributed by atoms with Gasteiger partial charge in [-0.05, 0) is 31.0 Å². The maximum absolute atomic E-state index is 11.9. The Morgan fingerprint density at radius 1 is 1.33 bits per heavy atom. The third kappa shape index (κ3) is 2.51. The van der Waals surface area contributed by atoms with Crippen molar-refractivity contribution in [3.05, 3.63) is 61.6 Å². The molecule has 94 valence electrons. The number of hydrogen-bond donors (Lipinski definition) is 1. The molecule has 0 aliphatic heterocycles. The SMILES string of the molecule is Cc1c(Cl)[nH]c(=O)n(CCc2ccncc2)c1=O. The highest BCUT2D eigenvalue weighted by Gasteiger charge is 2.08. The summed E-state index contributed by atoms with van der Waals surface area (Å²) in [6, 6.07) is 3.70. The lowest BCUT2D eigenvalue weighted by Crippen LogP contribution is -2.37. The Labute approximate surface area is 108 Å². The molecule has 5 nitrogen and oxygen atoms in total. The van der Waals surface area contributed by atoms with Crippen LogP contribution in [0.2, 0.25) is 5.15 Å². The Bertz CT molecular complexity index is 661. The summed E-state index contributed by atoms with van der Waals surface area (Å²) in [5.74, 6) is 0. The van der Waals surface area contributed by atoms with Crippen molar-refractivity contribution in [2.75, 3.05) is 0 Å². The van der Waals surface area contributed by atoms with Crippen LogP contribution in [0.25, 0.3) is 0 Å². The summed E-state index contributed by atoms with van der Waals surface area (Å²) < 4.78 is 1.15. The zero-order valence-electron chi connectivity index (χ0n) is 9.81. The normalized spacial score (nSPS) is 10.6. The van der Waals surface area contributed by atoms with Crippen molar-refractivity contribution in [3.8, 4) is 0 Å². The first-order valence-electron chi connectivity index (χ1n) is 5.47. The number of rotatable bonds is 3. The number of aromatic amines is 1. The molecule has 0 saturated carbocycles. The molecular weight excluding hydrogens is 254 g/mol. The van der Waals surface area contributed by atoms with E-state index in [4.69, 9.17) is 11.6 Å². The number of pyridine rings is 1. The van der Waals surface area contributed by atoms with E-state index >= 15 is 0 Å². The molecule has 0 amide bonds. The molecule has 0 aromatic carbocycles. The lowest BCUT2D eigenvalue weighted by molar-refractivity contribution is 0.622. The van der Waals surface area contributed by atoms with Crippen molar-refractivity contribution < 1.29 is 0 Å². The van der Waals surface area contributed by atoms with Crippen LogP contribution in [-0.2, 0) is 13.0 Å². The predicted molar refractivity (Wildman–Crippen MR) is 69.0 cm³/mol. The zero-order chi connectivity index (χ0) is 13.1. The van der Waals surface area contributed by atoms with Gasteiger partial charge in [0.1, 0.15) is 5.15 Å². The third-order valence-electron chi connectivity index (χ3n) is 2.73. The molecular formula is C12H12ClN3O2. The van der Waals surface area contributed by atoms with Gasteiger partial charge in [-0.25, -0.2) is 4.79 Å². The van der Waals surface area contributed by atoms with Crippen LogP contribution in [0.1, 0.15) is 11.1 Å². The predicted octanol–water partition coefficient (Wildman–Crippen LogP) is 1.14. The van der Waals surface area contributed by atoms with Gasteiger partial charge in [-0.3, -0.25) is 19.3 Å².